The number of hydrogen-bond donors (Lipinski definition) is 0. The van der Waals surface area contributed by atoms with E-state index >= 15 is 0 Å². The number of ether oxygens (including phenoxy) is 4. The molecule has 0 rings (SSSR count). The van der Waals surface area contributed by atoms with Gasteiger partial charge >= 0.3 is 51.4 Å². The maximum Gasteiger partial charge on any atom is 1.00 e. The normalized spacial score (nSPS) is 10.3. The Kier molecular flexibility index (Phi) is 22.9. The van der Waals surface area contributed by atoms with Gasteiger partial charge in [-0.25, -0.2) is 0 Å². The van der Waals surface area contributed by atoms with Crippen LogP contribution >= 0.6 is 0 Å². The topological polar surface area (TPSA) is 77.5 Å². The molecule has 0 aliphatic heterocycles. The van der Waals surface area contributed by atoms with E-state index in [0.29, 0.717) is 52.8 Å². The molecule has 0 atom stereocenters. The van der Waals surface area contributed by atoms with E-state index in [2.05, 4.69) is 13.8 Å². The fourth-order valence-corrected chi connectivity index (χ4v) is 1.78. The van der Waals surface area contributed by atoms with Crippen molar-refractivity contribution in [2.75, 3.05) is 80.0 Å². The van der Waals surface area contributed by atoms with Crippen LogP contribution in [0.1, 0.15) is 19.8 Å². The average molecular weight is 415 g/mol. The summed E-state index contributed by atoms with van der Waals surface area (Å²) >= 11 is 0. The standard InChI is InChI=1S/C18H35N2O6.K/c1-5-6-7-20(4)18(22)16-26-15-14-25-13-12-24-11-10-23-9-8-19(3)17(2)21;/h2,5-16H2,1,3-4H3;/q-1;+1. The molecule has 0 heterocycles. The number of likely N-dealkylation sites (N-methyl/N-ethyl adjacent to an activating group) is 2. The second-order valence-corrected chi connectivity index (χ2v) is 5.87. The molecule has 2 amide bonds. The van der Waals surface area contributed by atoms with E-state index in [-0.39, 0.29) is 69.8 Å². The zero-order chi connectivity index (χ0) is 19.6. The van der Waals surface area contributed by atoms with E-state index in [4.69, 9.17) is 18.9 Å². The number of amides is 2. The van der Waals surface area contributed by atoms with Gasteiger partial charge in [0.2, 0.25) is 5.91 Å². The molecule has 0 spiro atoms. The molecule has 0 radical (unpaired) electrons. The second-order valence-electron chi connectivity index (χ2n) is 5.87. The minimum Gasteiger partial charge on any atom is -0.377 e. The molecule has 0 saturated heterocycles. The number of nitrogens with zero attached hydrogens (tertiary/aromatic N) is 2. The maximum atomic E-state index is 11.7. The summed E-state index contributed by atoms with van der Waals surface area (Å²) in [4.78, 5) is 25.8. The van der Waals surface area contributed by atoms with Gasteiger partial charge in [0.05, 0.1) is 52.2 Å². The number of carbonyl (C=O) groups is 2. The molecule has 0 fully saturated rings. The van der Waals surface area contributed by atoms with Gasteiger partial charge in [-0.2, -0.15) is 0 Å². The minimum atomic E-state index is -0.223. The van der Waals surface area contributed by atoms with Crippen molar-refractivity contribution in [3.05, 3.63) is 6.92 Å². The molecule has 9 heteroatoms. The molecular formula is C18H35KN2O6. The molecule has 8 nitrogen and oxygen atoms in total. The SMILES string of the molecule is [CH2-]C(=O)N(C)CCOCCOCCOCCOCC(=O)N(C)CCCC.[K+]. The first-order valence-electron chi connectivity index (χ1n) is 9.11. The van der Waals surface area contributed by atoms with Crippen molar-refractivity contribution in [1.29, 1.82) is 0 Å². The predicted molar refractivity (Wildman–Crippen MR) is 98.8 cm³/mol. The fraction of sp³-hybridized carbons (Fsp3) is 0.833. The summed E-state index contributed by atoms with van der Waals surface area (Å²) in [6.07, 6.45) is 2.07. The molecule has 0 aromatic heterocycles. The number of rotatable bonds is 17. The Bertz CT molecular complexity index is 374. The van der Waals surface area contributed by atoms with Crippen molar-refractivity contribution >= 4 is 11.8 Å². The molecule has 0 bridgehead atoms. The first kappa shape index (κ1) is 29.5. The Morgan fingerprint density at radius 2 is 1.26 bits per heavy atom. The fourth-order valence-electron chi connectivity index (χ4n) is 1.78. The van der Waals surface area contributed by atoms with Crippen LogP contribution in [0.25, 0.3) is 0 Å². The first-order valence-corrected chi connectivity index (χ1v) is 9.11. The van der Waals surface area contributed by atoms with Crippen LogP contribution in [0.3, 0.4) is 0 Å². The van der Waals surface area contributed by atoms with Gasteiger partial charge in [0, 0.05) is 27.2 Å². The Labute approximate surface area is 206 Å². The van der Waals surface area contributed by atoms with Gasteiger partial charge in [-0.15, -0.1) is 0 Å². The molecular weight excluding hydrogens is 379 g/mol. The van der Waals surface area contributed by atoms with Crippen LogP contribution < -0.4 is 51.4 Å². The van der Waals surface area contributed by atoms with Gasteiger partial charge in [0.1, 0.15) is 6.61 Å². The number of hydrogen-bond acceptors (Lipinski definition) is 6. The zero-order valence-electron chi connectivity index (χ0n) is 17.5. The largest absolute Gasteiger partial charge is 1.00 e. The Morgan fingerprint density at radius 1 is 0.778 bits per heavy atom. The van der Waals surface area contributed by atoms with Crippen molar-refractivity contribution in [3.63, 3.8) is 0 Å². The van der Waals surface area contributed by atoms with E-state index in [9.17, 15) is 9.59 Å². The molecule has 0 aromatic rings. The first-order chi connectivity index (χ1) is 12.5. The van der Waals surface area contributed by atoms with Gasteiger partial charge in [-0.05, 0) is 6.42 Å². The molecule has 0 aliphatic rings. The van der Waals surface area contributed by atoms with E-state index in [1.807, 2.05) is 0 Å². The third-order valence-corrected chi connectivity index (χ3v) is 3.61. The van der Waals surface area contributed by atoms with Gasteiger partial charge in [0.15, 0.2) is 0 Å². The van der Waals surface area contributed by atoms with Crippen LogP contribution in [0.2, 0.25) is 0 Å². The third-order valence-electron chi connectivity index (χ3n) is 3.61. The van der Waals surface area contributed by atoms with Crippen molar-refractivity contribution in [1.82, 2.24) is 9.80 Å². The minimum absolute atomic E-state index is 0. The van der Waals surface area contributed by atoms with E-state index in [1.165, 1.54) is 4.90 Å². The van der Waals surface area contributed by atoms with Crippen LogP contribution in [0.5, 0.6) is 0 Å². The second kappa shape index (κ2) is 21.0. The Hall–Kier alpha value is 0.286. The van der Waals surface area contributed by atoms with Crippen molar-refractivity contribution in [2.24, 2.45) is 0 Å². The van der Waals surface area contributed by atoms with Gasteiger partial charge < -0.3 is 40.5 Å². The van der Waals surface area contributed by atoms with Crippen molar-refractivity contribution < 1.29 is 79.9 Å². The van der Waals surface area contributed by atoms with Crippen LogP contribution in [0.4, 0.5) is 0 Å². The molecule has 0 aromatic carbocycles. The summed E-state index contributed by atoms with van der Waals surface area (Å²) in [6, 6.07) is 0. The van der Waals surface area contributed by atoms with Gasteiger partial charge in [-0.3, -0.25) is 4.79 Å². The molecule has 0 aliphatic carbocycles. The van der Waals surface area contributed by atoms with Crippen molar-refractivity contribution in [2.45, 2.75) is 19.8 Å². The summed E-state index contributed by atoms with van der Waals surface area (Å²) in [5, 5.41) is 0. The molecule has 154 valence electrons. The summed E-state index contributed by atoms with van der Waals surface area (Å²) < 4.78 is 21.3. The molecule has 0 N–H and O–H groups in total. The summed E-state index contributed by atoms with van der Waals surface area (Å²) in [5.74, 6) is -0.230. The number of unbranched alkanes of at least 4 members (excludes halogenated alkanes) is 1. The predicted octanol–water partition coefficient (Wildman–Crippen LogP) is -2.39. The van der Waals surface area contributed by atoms with E-state index in [0.717, 1.165) is 19.4 Å². The third kappa shape index (κ3) is 19.4. The van der Waals surface area contributed by atoms with Gasteiger partial charge in [-0.1, -0.05) is 13.3 Å². The quantitative estimate of drug-likeness (QED) is 0.150. The van der Waals surface area contributed by atoms with E-state index in [1.54, 1.807) is 19.0 Å². The van der Waals surface area contributed by atoms with Gasteiger partial charge in [0.25, 0.3) is 0 Å². The summed E-state index contributed by atoms with van der Waals surface area (Å²) in [7, 11) is 3.47. The van der Waals surface area contributed by atoms with Crippen LogP contribution in [-0.4, -0.2) is 102 Å². The van der Waals surface area contributed by atoms with Crippen molar-refractivity contribution in [3.8, 4) is 0 Å². The van der Waals surface area contributed by atoms with Crippen LogP contribution in [0, 0.1) is 6.92 Å². The average Bonchev–Trinajstić information content (AvgIpc) is 2.62. The summed E-state index contributed by atoms with van der Waals surface area (Å²) in [6.45, 7) is 9.92. The summed E-state index contributed by atoms with van der Waals surface area (Å²) in [5.41, 5.74) is 0. The van der Waals surface area contributed by atoms with Crippen LogP contribution in [-0.2, 0) is 28.5 Å². The number of carbonyl (C=O) groups excluding carboxylic acids is 2. The molecule has 0 saturated carbocycles. The Balaban J connectivity index is 0. The smallest absolute Gasteiger partial charge is 0.377 e. The maximum absolute atomic E-state index is 11.7. The van der Waals surface area contributed by atoms with Crippen LogP contribution in [0.15, 0.2) is 0 Å². The molecule has 0 unspecified atom stereocenters. The monoisotopic (exact) mass is 414 g/mol. The zero-order valence-corrected chi connectivity index (χ0v) is 20.7. The Morgan fingerprint density at radius 3 is 1.74 bits per heavy atom. The van der Waals surface area contributed by atoms with E-state index < -0.39 is 0 Å². The molecule has 27 heavy (non-hydrogen) atoms.